The van der Waals surface area contributed by atoms with Gasteiger partial charge in [-0.05, 0) is 10.8 Å². The summed E-state index contributed by atoms with van der Waals surface area (Å²) in [6.45, 7) is 12.2. The lowest BCUT2D eigenvalue weighted by molar-refractivity contribution is -0.244. The third-order valence-electron chi connectivity index (χ3n) is 4.49. The van der Waals surface area contributed by atoms with E-state index in [4.69, 9.17) is 14.2 Å². The van der Waals surface area contributed by atoms with Crippen LogP contribution in [0.15, 0.2) is 11.3 Å². The van der Waals surface area contributed by atoms with Crippen LogP contribution < -0.4 is 0 Å². The standard InChI is InChI=1S/C17H24O5/c1-15(2,3)10-11(18)12(19)13(16(4,5)6)17-14(10)20-7-9(22-17)8-21-17/h9,13H,7-8H2,1-6H3/t9-,13-,17+/m0/s1. The van der Waals surface area contributed by atoms with Crippen LogP contribution in [0.2, 0.25) is 0 Å². The molecule has 0 aromatic carbocycles. The number of fused-ring (bicyclic) bond motifs is 1. The highest BCUT2D eigenvalue weighted by molar-refractivity contribution is 6.45. The Labute approximate surface area is 131 Å². The van der Waals surface area contributed by atoms with E-state index in [9.17, 15) is 9.59 Å². The zero-order valence-corrected chi connectivity index (χ0v) is 14.1. The van der Waals surface area contributed by atoms with Gasteiger partial charge in [0.15, 0.2) is 5.76 Å². The molecule has 0 aromatic heterocycles. The van der Waals surface area contributed by atoms with Crippen molar-refractivity contribution in [3.63, 3.8) is 0 Å². The number of hydrogen-bond acceptors (Lipinski definition) is 5. The first kappa shape index (κ1) is 15.7. The van der Waals surface area contributed by atoms with Crippen LogP contribution in [0.25, 0.3) is 0 Å². The average Bonchev–Trinajstić information content (AvgIpc) is 2.66. The third-order valence-corrected chi connectivity index (χ3v) is 4.49. The zero-order valence-electron chi connectivity index (χ0n) is 14.1. The number of carbonyl (C=O) groups is 2. The van der Waals surface area contributed by atoms with Gasteiger partial charge < -0.3 is 14.2 Å². The molecule has 22 heavy (non-hydrogen) atoms. The van der Waals surface area contributed by atoms with E-state index in [0.717, 1.165) is 0 Å². The largest absolute Gasteiger partial charge is 0.489 e. The molecule has 1 spiro atoms. The lowest BCUT2D eigenvalue weighted by Crippen LogP contribution is -2.60. The molecule has 3 rings (SSSR count). The van der Waals surface area contributed by atoms with Gasteiger partial charge in [0.1, 0.15) is 12.7 Å². The van der Waals surface area contributed by atoms with Crippen LogP contribution in [0.5, 0.6) is 0 Å². The van der Waals surface area contributed by atoms with Crippen LogP contribution in [-0.4, -0.2) is 36.7 Å². The molecule has 1 aliphatic carbocycles. The Morgan fingerprint density at radius 2 is 1.68 bits per heavy atom. The van der Waals surface area contributed by atoms with E-state index in [1.165, 1.54) is 0 Å². The Balaban J connectivity index is 2.28. The molecule has 2 fully saturated rings. The van der Waals surface area contributed by atoms with Crippen molar-refractivity contribution in [3.05, 3.63) is 11.3 Å². The van der Waals surface area contributed by atoms with E-state index in [-0.39, 0.29) is 6.10 Å². The van der Waals surface area contributed by atoms with Gasteiger partial charge in [-0.15, -0.1) is 0 Å². The predicted octanol–water partition coefficient (Wildman–Crippen LogP) is 2.24. The van der Waals surface area contributed by atoms with E-state index in [2.05, 4.69) is 0 Å². The number of ketones is 2. The van der Waals surface area contributed by atoms with Crippen molar-refractivity contribution in [2.24, 2.45) is 16.7 Å². The number of ether oxygens (including phenoxy) is 3. The minimum atomic E-state index is -1.24. The Hall–Kier alpha value is -1.20. The van der Waals surface area contributed by atoms with E-state index < -0.39 is 34.1 Å². The Bertz CT molecular complexity index is 575. The summed E-state index contributed by atoms with van der Waals surface area (Å²) >= 11 is 0. The number of allylic oxidation sites excluding steroid dienone is 1. The maximum absolute atomic E-state index is 12.9. The van der Waals surface area contributed by atoms with Gasteiger partial charge in [0, 0.05) is 0 Å². The van der Waals surface area contributed by atoms with Gasteiger partial charge in [0.2, 0.25) is 17.4 Å². The first-order chi connectivity index (χ1) is 9.98. The molecule has 0 amide bonds. The van der Waals surface area contributed by atoms with E-state index in [1.54, 1.807) is 0 Å². The molecule has 122 valence electrons. The maximum atomic E-state index is 12.9. The van der Waals surface area contributed by atoms with Crippen molar-refractivity contribution in [2.75, 3.05) is 13.2 Å². The van der Waals surface area contributed by atoms with Crippen molar-refractivity contribution in [3.8, 4) is 0 Å². The normalized spacial score (nSPS) is 35.5. The minimum absolute atomic E-state index is 0.184. The first-order valence-electron chi connectivity index (χ1n) is 7.77. The lowest BCUT2D eigenvalue weighted by Gasteiger charge is -2.48. The molecular weight excluding hydrogens is 284 g/mol. The molecule has 0 unspecified atom stereocenters. The molecule has 2 aliphatic heterocycles. The summed E-state index contributed by atoms with van der Waals surface area (Å²) in [7, 11) is 0. The zero-order chi connectivity index (χ0) is 16.5. The van der Waals surface area contributed by atoms with Crippen LogP contribution in [0, 0.1) is 16.7 Å². The van der Waals surface area contributed by atoms with Crippen LogP contribution in [0.1, 0.15) is 41.5 Å². The van der Waals surface area contributed by atoms with Crippen molar-refractivity contribution >= 4 is 11.6 Å². The van der Waals surface area contributed by atoms with Crippen LogP contribution in [0.3, 0.4) is 0 Å². The fourth-order valence-electron chi connectivity index (χ4n) is 3.71. The molecule has 2 saturated heterocycles. The summed E-state index contributed by atoms with van der Waals surface area (Å²) in [5.41, 5.74) is -0.602. The third kappa shape index (κ3) is 1.98. The van der Waals surface area contributed by atoms with E-state index in [1.807, 2.05) is 41.5 Å². The second-order valence-corrected chi connectivity index (χ2v) is 8.48. The molecule has 3 atom stereocenters. The van der Waals surface area contributed by atoms with Crippen molar-refractivity contribution in [1.82, 2.24) is 0 Å². The molecule has 2 heterocycles. The summed E-state index contributed by atoms with van der Waals surface area (Å²) < 4.78 is 18.0. The van der Waals surface area contributed by atoms with E-state index >= 15 is 0 Å². The monoisotopic (exact) mass is 308 g/mol. The fraction of sp³-hybridized carbons (Fsp3) is 0.765. The fourth-order valence-corrected chi connectivity index (χ4v) is 3.71. The second kappa shape index (κ2) is 4.42. The van der Waals surface area contributed by atoms with Crippen LogP contribution in [-0.2, 0) is 23.8 Å². The molecule has 2 bridgehead atoms. The first-order valence-corrected chi connectivity index (χ1v) is 7.77. The molecular formula is C17H24O5. The quantitative estimate of drug-likeness (QED) is 0.642. The Morgan fingerprint density at radius 1 is 1.05 bits per heavy atom. The van der Waals surface area contributed by atoms with Gasteiger partial charge in [-0.25, -0.2) is 0 Å². The molecule has 5 nitrogen and oxygen atoms in total. The second-order valence-electron chi connectivity index (χ2n) is 8.48. The van der Waals surface area contributed by atoms with E-state index in [0.29, 0.717) is 24.5 Å². The van der Waals surface area contributed by atoms with Gasteiger partial charge >= 0.3 is 0 Å². The summed E-state index contributed by atoms with van der Waals surface area (Å²) in [5.74, 6) is -2.43. The lowest BCUT2D eigenvalue weighted by atomic mass is 9.64. The topological polar surface area (TPSA) is 61.8 Å². The minimum Gasteiger partial charge on any atom is -0.489 e. The van der Waals surface area contributed by atoms with Gasteiger partial charge in [0.05, 0.1) is 18.1 Å². The van der Waals surface area contributed by atoms with Gasteiger partial charge in [-0.3, -0.25) is 9.59 Å². The van der Waals surface area contributed by atoms with Gasteiger partial charge in [0.25, 0.3) is 0 Å². The average molecular weight is 308 g/mol. The molecule has 0 saturated carbocycles. The highest BCUT2D eigenvalue weighted by atomic mass is 16.8. The van der Waals surface area contributed by atoms with Crippen molar-refractivity contribution < 1.29 is 23.8 Å². The van der Waals surface area contributed by atoms with Crippen molar-refractivity contribution in [2.45, 2.75) is 53.4 Å². The summed E-state index contributed by atoms with van der Waals surface area (Å²) in [6.07, 6.45) is -0.184. The molecule has 0 aromatic rings. The molecule has 3 aliphatic rings. The van der Waals surface area contributed by atoms with Gasteiger partial charge in [-0.1, -0.05) is 41.5 Å². The number of rotatable bonds is 0. The van der Waals surface area contributed by atoms with Crippen molar-refractivity contribution in [1.29, 1.82) is 0 Å². The number of carbonyl (C=O) groups excluding carboxylic acids is 2. The highest BCUT2D eigenvalue weighted by Crippen LogP contribution is 2.54. The smallest absolute Gasteiger partial charge is 0.239 e. The van der Waals surface area contributed by atoms with Gasteiger partial charge in [-0.2, -0.15) is 0 Å². The van der Waals surface area contributed by atoms with Crippen LogP contribution in [0.4, 0.5) is 0 Å². The Kier molecular flexibility index (Phi) is 3.15. The number of Topliss-reactive ketones (excluding diaryl/α,β-unsaturated/α-hetero) is 2. The SMILES string of the molecule is CC(C)(C)C1=C2OC[C@H]3CO[C@@]2(O3)[C@H](C(C)(C)C)C(=O)C1=O. The molecule has 0 radical (unpaired) electrons. The predicted molar refractivity (Wildman–Crippen MR) is 78.9 cm³/mol. The number of hydrogen-bond donors (Lipinski definition) is 0. The molecule has 0 N–H and O–H groups in total. The van der Waals surface area contributed by atoms with Crippen LogP contribution >= 0.6 is 0 Å². The maximum Gasteiger partial charge on any atom is 0.239 e. The summed E-state index contributed by atoms with van der Waals surface area (Å²) in [6, 6.07) is 0. The molecule has 5 heteroatoms. The highest BCUT2D eigenvalue weighted by Gasteiger charge is 2.66. The summed E-state index contributed by atoms with van der Waals surface area (Å²) in [5, 5.41) is 0. The Morgan fingerprint density at radius 3 is 2.23 bits per heavy atom. The summed E-state index contributed by atoms with van der Waals surface area (Å²) in [4.78, 5) is 25.6.